The molecule has 1 aromatic carbocycles. The molecule has 11 heteroatoms. The molecule has 0 bridgehead atoms. The molecule has 180 valence electrons. The Morgan fingerprint density at radius 2 is 2.06 bits per heavy atom. The average molecular weight is 485 g/mol. The third kappa shape index (κ3) is 4.37. The molecule has 0 unspecified atom stereocenters. The van der Waals surface area contributed by atoms with Gasteiger partial charge in [0.25, 0.3) is 0 Å². The van der Waals surface area contributed by atoms with Crippen molar-refractivity contribution in [2.24, 2.45) is 5.41 Å². The molecular formula is C24H19F4N5O2. The summed E-state index contributed by atoms with van der Waals surface area (Å²) in [6.07, 6.45) is 1.29. The first-order valence-electron chi connectivity index (χ1n) is 10.8. The summed E-state index contributed by atoms with van der Waals surface area (Å²) in [5.74, 6) is -2.23. The Bertz CT molecular complexity index is 1330. The highest BCUT2D eigenvalue weighted by Crippen LogP contribution is 2.52. The van der Waals surface area contributed by atoms with Gasteiger partial charge in [-0.2, -0.15) is 23.5 Å². The zero-order valence-corrected chi connectivity index (χ0v) is 18.3. The summed E-state index contributed by atoms with van der Waals surface area (Å²) >= 11 is 0. The van der Waals surface area contributed by atoms with Crippen LogP contribution in [-0.4, -0.2) is 33.9 Å². The van der Waals surface area contributed by atoms with Crippen LogP contribution in [0.3, 0.4) is 0 Å². The lowest BCUT2D eigenvalue weighted by Gasteiger charge is -2.53. The molecule has 5 rings (SSSR count). The largest absolute Gasteiger partial charge is 0.419 e. The zero-order valence-electron chi connectivity index (χ0n) is 18.3. The van der Waals surface area contributed by atoms with Crippen LogP contribution in [0.4, 0.5) is 23.2 Å². The molecule has 2 fully saturated rings. The van der Waals surface area contributed by atoms with E-state index in [1.165, 1.54) is 12.3 Å². The first-order chi connectivity index (χ1) is 16.7. The Labute approximate surface area is 197 Å². The van der Waals surface area contributed by atoms with Crippen molar-refractivity contribution in [3.8, 4) is 17.3 Å². The molecule has 2 aliphatic rings. The minimum atomic E-state index is -4.86. The summed E-state index contributed by atoms with van der Waals surface area (Å²) in [7, 11) is 0. The van der Waals surface area contributed by atoms with Crippen LogP contribution < -0.4 is 5.32 Å². The molecule has 1 saturated heterocycles. The zero-order chi connectivity index (χ0) is 24.8. The number of ether oxygens (including phenoxy) is 1. The number of hydrogen-bond donors (Lipinski definition) is 1. The number of anilines is 1. The number of amides is 1. The molecule has 3 heterocycles. The number of benzene rings is 1. The van der Waals surface area contributed by atoms with Gasteiger partial charge in [0.1, 0.15) is 11.9 Å². The van der Waals surface area contributed by atoms with Crippen LogP contribution >= 0.6 is 0 Å². The Morgan fingerprint density at radius 3 is 2.71 bits per heavy atom. The fraction of sp³-hybridized carbons (Fsp3) is 0.333. The molecule has 35 heavy (non-hydrogen) atoms. The molecule has 0 atom stereocenters. The second-order valence-corrected chi connectivity index (χ2v) is 9.00. The van der Waals surface area contributed by atoms with Gasteiger partial charge in [0.2, 0.25) is 5.91 Å². The summed E-state index contributed by atoms with van der Waals surface area (Å²) in [4.78, 5) is 16.6. The van der Waals surface area contributed by atoms with Crippen molar-refractivity contribution in [1.29, 1.82) is 5.26 Å². The fourth-order valence-electron chi connectivity index (χ4n) is 4.58. The van der Waals surface area contributed by atoms with Crippen molar-refractivity contribution in [3.05, 3.63) is 65.4 Å². The predicted octanol–water partition coefficient (Wildman–Crippen LogP) is 4.51. The van der Waals surface area contributed by atoms with Gasteiger partial charge in [-0.15, -0.1) is 0 Å². The number of aromatic nitrogens is 3. The lowest BCUT2D eigenvalue weighted by Crippen LogP contribution is -2.52. The molecule has 1 N–H and O–H groups in total. The second kappa shape index (κ2) is 8.46. The highest BCUT2D eigenvalue weighted by molar-refractivity contribution is 5.92. The maximum absolute atomic E-state index is 14.2. The summed E-state index contributed by atoms with van der Waals surface area (Å²) in [5, 5.41) is 16.5. The number of nitrogens with zero attached hydrogens (tertiary/aromatic N) is 4. The van der Waals surface area contributed by atoms with E-state index in [0.717, 1.165) is 38.2 Å². The van der Waals surface area contributed by atoms with E-state index in [0.29, 0.717) is 17.3 Å². The lowest BCUT2D eigenvalue weighted by molar-refractivity contribution is -0.175. The van der Waals surface area contributed by atoms with Gasteiger partial charge in [0, 0.05) is 17.2 Å². The van der Waals surface area contributed by atoms with Gasteiger partial charge in [0.15, 0.2) is 0 Å². The van der Waals surface area contributed by atoms with Gasteiger partial charge >= 0.3 is 6.18 Å². The van der Waals surface area contributed by atoms with Crippen LogP contribution in [0.25, 0.3) is 11.3 Å². The fourth-order valence-corrected chi connectivity index (χ4v) is 4.58. The van der Waals surface area contributed by atoms with Gasteiger partial charge < -0.3 is 10.1 Å². The van der Waals surface area contributed by atoms with Gasteiger partial charge in [-0.1, -0.05) is 12.1 Å². The van der Waals surface area contributed by atoms with Crippen LogP contribution in [0, 0.1) is 22.6 Å². The highest BCUT2D eigenvalue weighted by Gasteiger charge is 2.50. The third-order valence-corrected chi connectivity index (χ3v) is 6.43. The van der Waals surface area contributed by atoms with E-state index in [1.807, 2.05) is 16.9 Å². The van der Waals surface area contributed by atoms with Gasteiger partial charge in [-0.05, 0) is 30.5 Å². The number of carbonyl (C=O) groups excluding carboxylic acids is 1. The number of nitriles is 1. The number of carbonyl (C=O) groups is 1. The third-order valence-electron chi connectivity index (χ3n) is 6.43. The summed E-state index contributed by atoms with van der Waals surface area (Å²) < 4.78 is 60.1. The van der Waals surface area contributed by atoms with Crippen molar-refractivity contribution in [2.75, 3.05) is 18.5 Å². The van der Waals surface area contributed by atoms with E-state index in [9.17, 15) is 27.6 Å². The minimum Gasteiger partial charge on any atom is -0.380 e. The van der Waals surface area contributed by atoms with E-state index < -0.39 is 29.9 Å². The van der Waals surface area contributed by atoms with Crippen LogP contribution in [0.2, 0.25) is 0 Å². The summed E-state index contributed by atoms with van der Waals surface area (Å²) in [5.41, 5.74) is -0.145. The van der Waals surface area contributed by atoms with Crippen molar-refractivity contribution < 1.29 is 27.1 Å². The van der Waals surface area contributed by atoms with Crippen molar-refractivity contribution in [2.45, 2.75) is 31.5 Å². The Kier molecular flexibility index (Phi) is 5.56. The Balaban J connectivity index is 1.28. The Morgan fingerprint density at radius 1 is 1.29 bits per heavy atom. The molecule has 7 nitrogen and oxygen atoms in total. The first kappa shape index (κ1) is 23.0. The smallest absolute Gasteiger partial charge is 0.380 e. The summed E-state index contributed by atoms with van der Waals surface area (Å²) in [6, 6.07) is 6.49. The van der Waals surface area contributed by atoms with E-state index >= 15 is 0 Å². The molecule has 1 amide bonds. The average Bonchev–Trinajstić information content (AvgIpc) is 3.21. The molecule has 1 aliphatic heterocycles. The topological polar surface area (TPSA) is 92.8 Å². The normalized spacial score (nSPS) is 16.9. The van der Waals surface area contributed by atoms with Gasteiger partial charge in [0.05, 0.1) is 60.6 Å². The van der Waals surface area contributed by atoms with Crippen LogP contribution in [0.1, 0.15) is 35.6 Å². The SMILES string of the molecule is N#Cc1cc(NC(=O)Cc2cccc(C(F)(F)F)c2F)cnc1-c1cnn(C2CC3(COC3)C2)c1. The number of halogens is 4. The lowest BCUT2D eigenvalue weighted by atomic mass is 9.64. The van der Waals surface area contributed by atoms with Crippen molar-refractivity contribution in [1.82, 2.24) is 14.8 Å². The van der Waals surface area contributed by atoms with Gasteiger partial charge in [-0.25, -0.2) is 4.39 Å². The van der Waals surface area contributed by atoms with E-state index in [1.54, 1.807) is 6.20 Å². The number of pyridine rings is 1. The standard InChI is InChI=1S/C24H19F4N5O2/c25-21-14(2-1-3-19(21)24(26,27)28)5-20(34)32-17-4-15(8-29)22(30-10-17)16-9-31-33(11-16)18-6-23(7-18)12-35-13-23/h1-4,9-11,18H,5-7,12-13H2,(H,32,34). The van der Waals surface area contributed by atoms with Gasteiger partial charge in [-0.3, -0.25) is 14.5 Å². The molecule has 3 aromatic rings. The molecule has 1 saturated carbocycles. The number of nitrogens with one attached hydrogen (secondary N) is 1. The number of alkyl halides is 3. The first-order valence-corrected chi connectivity index (χ1v) is 10.8. The van der Waals surface area contributed by atoms with E-state index in [2.05, 4.69) is 15.4 Å². The molecule has 2 aromatic heterocycles. The summed E-state index contributed by atoms with van der Waals surface area (Å²) in [6.45, 7) is 1.57. The highest BCUT2D eigenvalue weighted by atomic mass is 19.4. The van der Waals surface area contributed by atoms with Crippen LogP contribution in [-0.2, 0) is 22.1 Å². The number of rotatable bonds is 5. The van der Waals surface area contributed by atoms with E-state index in [4.69, 9.17) is 4.74 Å². The maximum Gasteiger partial charge on any atom is 0.419 e. The molecule has 1 aliphatic carbocycles. The minimum absolute atomic E-state index is 0.168. The van der Waals surface area contributed by atoms with Crippen molar-refractivity contribution >= 4 is 11.6 Å². The predicted molar refractivity (Wildman–Crippen MR) is 115 cm³/mol. The quantitative estimate of drug-likeness (QED) is 0.537. The number of hydrogen-bond acceptors (Lipinski definition) is 5. The second-order valence-electron chi connectivity index (χ2n) is 9.00. The van der Waals surface area contributed by atoms with E-state index in [-0.39, 0.29) is 28.3 Å². The molecular weight excluding hydrogens is 466 g/mol. The Hall–Kier alpha value is -3.78. The maximum atomic E-state index is 14.2. The van der Waals surface area contributed by atoms with Crippen molar-refractivity contribution in [3.63, 3.8) is 0 Å². The van der Waals surface area contributed by atoms with Crippen LogP contribution in [0.15, 0.2) is 42.9 Å². The monoisotopic (exact) mass is 485 g/mol. The van der Waals surface area contributed by atoms with Crippen LogP contribution in [0.5, 0.6) is 0 Å². The molecule has 1 spiro atoms. The molecule has 0 radical (unpaired) electrons.